The number of carbonyl (C=O) groups excluding carboxylic acids is 1. The van der Waals surface area contributed by atoms with Gasteiger partial charge in [-0.15, -0.1) is 6.42 Å². The summed E-state index contributed by atoms with van der Waals surface area (Å²) in [5, 5.41) is 0.907. The van der Waals surface area contributed by atoms with Gasteiger partial charge in [0.1, 0.15) is 0 Å². The topological polar surface area (TPSA) is 58.9 Å². The van der Waals surface area contributed by atoms with Crippen molar-refractivity contribution in [1.29, 1.82) is 0 Å². The highest BCUT2D eigenvalue weighted by Crippen LogP contribution is 2.43. The second kappa shape index (κ2) is 4.27. The van der Waals surface area contributed by atoms with E-state index in [1.807, 2.05) is 36.4 Å². The summed E-state index contributed by atoms with van der Waals surface area (Å²) in [5.41, 5.74) is 11.2. The van der Waals surface area contributed by atoms with Crippen LogP contribution in [0, 0.1) is 12.3 Å². The number of ketones is 1. The predicted octanol–water partition coefficient (Wildman–Crippen LogP) is 3.60. The quantitative estimate of drug-likeness (QED) is 0.492. The summed E-state index contributed by atoms with van der Waals surface area (Å²) in [7, 11) is 0. The normalized spacial score (nSPS) is 15.1. The van der Waals surface area contributed by atoms with Crippen molar-refractivity contribution in [2.24, 2.45) is 0 Å². The number of hydrogen-bond acceptors (Lipinski definition) is 2. The summed E-state index contributed by atoms with van der Waals surface area (Å²) >= 11 is 0. The Morgan fingerprint density at radius 1 is 1.17 bits per heavy atom. The highest BCUT2D eigenvalue weighted by Gasteiger charge is 2.39. The molecule has 0 radical (unpaired) electrons. The molecular formula is C20H16N2O. The number of nitrogens with two attached hydrogens (primary N) is 1. The van der Waals surface area contributed by atoms with E-state index in [1.54, 1.807) is 0 Å². The molecule has 1 aliphatic carbocycles. The fourth-order valence-electron chi connectivity index (χ4n) is 3.56. The summed E-state index contributed by atoms with van der Waals surface area (Å²) in [6.45, 7) is 4.23. The minimum absolute atomic E-state index is 0.0162. The first kappa shape index (κ1) is 13.7. The van der Waals surface area contributed by atoms with Gasteiger partial charge in [-0.3, -0.25) is 4.79 Å². The number of nitrogen functional groups attached to an aromatic ring is 1. The first-order valence-corrected chi connectivity index (χ1v) is 7.51. The standard InChI is InChI=1S/C20H16N2O/c1-4-11-5-8-15-14(9-11)18(23)17-13-7-6-12(21)10-16(13)22-19(17)20(15,2)3/h1,5-10,22H,21H2,2-3H3. The zero-order valence-corrected chi connectivity index (χ0v) is 13.0. The van der Waals surface area contributed by atoms with E-state index in [0.29, 0.717) is 11.3 Å². The number of rotatable bonds is 0. The van der Waals surface area contributed by atoms with Crippen LogP contribution in [0.25, 0.3) is 10.9 Å². The van der Waals surface area contributed by atoms with E-state index in [4.69, 9.17) is 12.2 Å². The molecule has 1 heterocycles. The van der Waals surface area contributed by atoms with Gasteiger partial charge in [-0.2, -0.15) is 0 Å². The van der Waals surface area contributed by atoms with Crippen LogP contribution in [-0.2, 0) is 5.41 Å². The number of fused-ring (bicyclic) bond motifs is 4. The number of aromatic amines is 1. The van der Waals surface area contributed by atoms with Crippen LogP contribution < -0.4 is 5.73 Å². The average Bonchev–Trinajstić information content (AvgIpc) is 2.92. The fraction of sp³-hybridized carbons (Fsp3) is 0.150. The Hall–Kier alpha value is -2.99. The van der Waals surface area contributed by atoms with Gasteiger partial charge in [-0.05, 0) is 29.8 Å². The van der Waals surface area contributed by atoms with Crippen molar-refractivity contribution >= 4 is 22.4 Å². The molecule has 1 aliphatic rings. The van der Waals surface area contributed by atoms with E-state index in [2.05, 4.69) is 24.8 Å². The fourth-order valence-corrected chi connectivity index (χ4v) is 3.56. The van der Waals surface area contributed by atoms with Crippen molar-refractivity contribution in [1.82, 2.24) is 4.98 Å². The van der Waals surface area contributed by atoms with Crippen LogP contribution in [0.5, 0.6) is 0 Å². The van der Waals surface area contributed by atoms with Gasteiger partial charge in [0.05, 0.1) is 5.56 Å². The molecule has 2 aromatic carbocycles. The third kappa shape index (κ3) is 1.69. The molecule has 0 saturated heterocycles. The maximum absolute atomic E-state index is 13.1. The van der Waals surface area contributed by atoms with Crippen LogP contribution >= 0.6 is 0 Å². The second-order valence-corrected chi connectivity index (χ2v) is 6.54. The molecule has 3 heteroatoms. The first-order valence-electron chi connectivity index (χ1n) is 7.51. The van der Waals surface area contributed by atoms with E-state index in [0.717, 1.165) is 33.3 Å². The molecular weight excluding hydrogens is 284 g/mol. The van der Waals surface area contributed by atoms with Gasteiger partial charge in [0, 0.05) is 38.8 Å². The van der Waals surface area contributed by atoms with E-state index in [-0.39, 0.29) is 11.2 Å². The molecule has 0 unspecified atom stereocenters. The van der Waals surface area contributed by atoms with Gasteiger partial charge in [0.2, 0.25) is 0 Å². The number of H-pyrrole nitrogens is 1. The molecule has 1 aromatic heterocycles. The lowest BCUT2D eigenvalue weighted by atomic mass is 9.71. The van der Waals surface area contributed by atoms with Gasteiger partial charge in [-0.1, -0.05) is 31.9 Å². The zero-order chi connectivity index (χ0) is 16.4. The van der Waals surface area contributed by atoms with Crippen molar-refractivity contribution in [3.8, 4) is 12.3 Å². The predicted molar refractivity (Wildman–Crippen MR) is 92.6 cm³/mol. The number of anilines is 1. The Balaban J connectivity index is 2.10. The molecule has 3 N–H and O–H groups in total. The molecule has 4 rings (SSSR count). The minimum Gasteiger partial charge on any atom is -0.399 e. The lowest BCUT2D eigenvalue weighted by molar-refractivity contribution is 0.103. The molecule has 0 amide bonds. The molecule has 0 saturated carbocycles. The van der Waals surface area contributed by atoms with Crippen molar-refractivity contribution in [3.05, 3.63) is 64.3 Å². The summed E-state index contributed by atoms with van der Waals surface area (Å²) in [6.07, 6.45) is 5.50. The van der Waals surface area contributed by atoms with Crippen LogP contribution in [-0.4, -0.2) is 10.8 Å². The SMILES string of the molecule is C#Cc1ccc2c(c1)C(=O)c1c([nH]c3cc(N)ccc13)C2(C)C. The van der Waals surface area contributed by atoms with Crippen molar-refractivity contribution < 1.29 is 4.79 Å². The van der Waals surface area contributed by atoms with Gasteiger partial charge >= 0.3 is 0 Å². The molecule has 0 aliphatic heterocycles. The first-order chi connectivity index (χ1) is 10.9. The molecule has 3 aromatic rings. The highest BCUT2D eigenvalue weighted by atomic mass is 16.1. The van der Waals surface area contributed by atoms with Crippen molar-refractivity contribution in [2.45, 2.75) is 19.3 Å². The molecule has 0 fully saturated rings. The summed E-state index contributed by atoms with van der Waals surface area (Å²) in [4.78, 5) is 16.5. The minimum atomic E-state index is -0.306. The molecule has 0 bridgehead atoms. The Morgan fingerprint density at radius 3 is 2.70 bits per heavy atom. The number of carbonyl (C=O) groups is 1. The number of hydrogen-bond donors (Lipinski definition) is 2. The summed E-state index contributed by atoms with van der Waals surface area (Å²) in [5.74, 6) is 2.63. The number of terminal acetylenes is 1. The van der Waals surface area contributed by atoms with Crippen molar-refractivity contribution in [2.75, 3.05) is 5.73 Å². The number of nitrogens with one attached hydrogen (secondary N) is 1. The van der Waals surface area contributed by atoms with Crippen molar-refractivity contribution in [3.63, 3.8) is 0 Å². The lowest BCUT2D eigenvalue weighted by Crippen LogP contribution is -2.30. The Morgan fingerprint density at radius 2 is 1.96 bits per heavy atom. The Kier molecular flexibility index (Phi) is 2.53. The Bertz CT molecular complexity index is 1030. The monoisotopic (exact) mass is 300 g/mol. The maximum Gasteiger partial charge on any atom is 0.195 e. The van der Waals surface area contributed by atoms with Gasteiger partial charge in [0.25, 0.3) is 0 Å². The van der Waals surface area contributed by atoms with E-state index < -0.39 is 0 Å². The highest BCUT2D eigenvalue weighted by molar-refractivity contribution is 6.20. The molecule has 23 heavy (non-hydrogen) atoms. The number of aromatic nitrogens is 1. The van der Waals surface area contributed by atoms with Crippen LogP contribution in [0.15, 0.2) is 36.4 Å². The smallest absolute Gasteiger partial charge is 0.195 e. The van der Waals surface area contributed by atoms with Crippen LogP contribution in [0.1, 0.15) is 46.6 Å². The van der Waals surface area contributed by atoms with Gasteiger partial charge in [-0.25, -0.2) is 0 Å². The third-order valence-electron chi connectivity index (χ3n) is 4.78. The number of benzene rings is 2. The van der Waals surface area contributed by atoms with E-state index in [1.165, 1.54) is 0 Å². The van der Waals surface area contributed by atoms with E-state index in [9.17, 15) is 4.79 Å². The lowest BCUT2D eigenvalue weighted by Gasteiger charge is -2.32. The largest absolute Gasteiger partial charge is 0.399 e. The summed E-state index contributed by atoms with van der Waals surface area (Å²) in [6, 6.07) is 11.3. The second-order valence-electron chi connectivity index (χ2n) is 6.54. The van der Waals surface area contributed by atoms with Gasteiger partial charge in [0.15, 0.2) is 5.78 Å². The Labute approximate surface area is 134 Å². The van der Waals surface area contributed by atoms with Gasteiger partial charge < -0.3 is 10.7 Å². The van der Waals surface area contributed by atoms with E-state index >= 15 is 0 Å². The zero-order valence-electron chi connectivity index (χ0n) is 13.0. The maximum atomic E-state index is 13.1. The van der Waals surface area contributed by atoms with Crippen LogP contribution in [0.2, 0.25) is 0 Å². The summed E-state index contributed by atoms with van der Waals surface area (Å²) < 4.78 is 0. The molecule has 3 nitrogen and oxygen atoms in total. The third-order valence-corrected chi connectivity index (χ3v) is 4.78. The van der Waals surface area contributed by atoms with Crippen LogP contribution in [0.3, 0.4) is 0 Å². The van der Waals surface area contributed by atoms with Crippen LogP contribution in [0.4, 0.5) is 5.69 Å². The molecule has 112 valence electrons. The average molecular weight is 300 g/mol. The molecule has 0 spiro atoms. The molecule has 0 atom stereocenters.